The third-order valence-corrected chi connectivity index (χ3v) is 2.97. The molecule has 0 saturated carbocycles. The number of benzene rings is 1. The van der Waals surface area contributed by atoms with Gasteiger partial charge >= 0.3 is 0 Å². The van der Waals surface area contributed by atoms with Gasteiger partial charge in [-0.1, -0.05) is 12.1 Å². The van der Waals surface area contributed by atoms with E-state index in [1.165, 1.54) is 6.20 Å². The molecule has 2 heterocycles. The van der Waals surface area contributed by atoms with Crippen molar-refractivity contribution in [1.29, 1.82) is 0 Å². The Labute approximate surface area is 114 Å². The van der Waals surface area contributed by atoms with Gasteiger partial charge in [0.05, 0.1) is 23.8 Å². The third-order valence-electron chi connectivity index (χ3n) is 2.97. The van der Waals surface area contributed by atoms with Crippen LogP contribution in [0, 0.1) is 6.92 Å². The summed E-state index contributed by atoms with van der Waals surface area (Å²) < 4.78 is 1.59. The molecular weight excluding hydrogens is 254 g/mol. The number of rotatable bonds is 2. The lowest BCUT2D eigenvalue weighted by molar-refractivity contribution is 0.734. The molecule has 6 heteroatoms. The van der Waals surface area contributed by atoms with Crippen molar-refractivity contribution >= 4 is 16.9 Å². The molecule has 0 spiro atoms. The fourth-order valence-corrected chi connectivity index (χ4v) is 2.15. The zero-order valence-electron chi connectivity index (χ0n) is 10.9. The molecule has 6 nitrogen and oxygen atoms in total. The fraction of sp³-hybridized carbons (Fsp3) is 0.143. The molecule has 100 valence electrons. The zero-order chi connectivity index (χ0) is 14.1. The van der Waals surface area contributed by atoms with Gasteiger partial charge in [0.25, 0.3) is 5.56 Å². The van der Waals surface area contributed by atoms with Crippen LogP contribution >= 0.6 is 0 Å². The number of nitrogens with zero attached hydrogens (tertiary/aromatic N) is 4. The van der Waals surface area contributed by atoms with Crippen LogP contribution in [0.25, 0.3) is 11.0 Å². The summed E-state index contributed by atoms with van der Waals surface area (Å²) in [6.45, 7) is 2.11. The van der Waals surface area contributed by atoms with Crippen LogP contribution < -0.4 is 11.3 Å². The van der Waals surface area contributed by atoms with Gasteiger partial charge in [0.15, 0.2) is 5.82 Å². The average molecular weight is 267 g/mol. The highest BCUT2D eigenvalue weighted by Crippen LogP contribution is 2.10. The lowest BCUT2D eigenvalue weighted by Crippen LogP contribution is -2.22. The minimum atomic E-state index is -0.188. The molecule has 0 amide bonds. The molecule has 0 bridgehead atoms. The Morgan fingerprint density at radius 3 is 2.85 bits per heavy atom. The summed E-state index contributed by atoms with van der Waals surface area (Å²) in [6.07, 6.45) is 1.31. The summed E-state index contributed by atoms with van der Waals surface area (Å²) in [5.41, 5.74) is 7.81. The second-order valence-corrected chi connectivity index (χ2v) is 4.52. The van der Waals surface area contributed by atoms with Gasteiger partial charge in [0.1, 0.15) is 5.82 Å². The topological polar surface area (TPSA) is 86.7 Å². The summed E-state index contributed by atoms with van der Waals surface area (Å²) in [5, 5.41) is 0. The smallest absolute Gasteiger partial charge is 0.269 e. The molecule has 0 aliphatic carbocycles. The van der Waals surface area contributed by atoms with Crippen molar-refractivity contribution in [3.05, 3.63) is 58.4 Å². The second kappa shape index (κ2) is 4.73. The second-order valence-electron chi connectivity index (χ2n) is 4.52. The van der Waals surface area contributed by atoms with Gasteiger partial charge in [-0.25, -0.2) is 15.0 Å². The van der Waals surface area contributed by atoms with Crippen LogP contribution in [0.3, 0.4) is 0 Å². The highest BCUT2D eigenvalue weighted by Gasteiger charge is 2.07. The molecule has 0 fully saturated rings. The highest BCUT2D eigenvalue weighted by atomic mass is 16.1. The van der Waals surface area contributed by atoms with Crippen LogP contribution in [-0.4, -0.2) is 19.5 Å². The predicted molar refractivity (Wildman–Crippen MR) is 76.3 cm³/mol. The van der Waals surface area contributed by atoms with E-state index in [0.717, 1.165) is 16.7 Å². The third kappa shape index (κ3) is 2.23. The largest absolute Gasteiger partial charge is 0.384 e. The molecule has 0 radical (unpaired) electrons. The Morgan fingerprint density at radius 1 is 1.25 bits per heavy atom. The van der Waals surface area contributed by atoms with Crippen LogP contribution in [0.15, 0.2) is 41.3 Å². The minimum Gasteiger partial charge on any atom is -0.384 e. The number of nitrogens with two attached hydrogens (primary N) is 1. The maximum absolute atomic E-state index is 12.0. The van der Waals surface area contributed by atoms with E-state index in [1.54, 1.807) is 10.6 Å². The van der Waals surface area contributed by atoms with Gasteiger partial charge in [-0.3, -0.25) is 9.36 Å². The summed E-state index contributed by atoms with van der Waals surface area (Å²) >= 11 is 0. The molecule has 0 atom stereocenters. The Kier molecular flexibility index (Phi) is 2.90. The maximum atomic E-state index is 12.0. The van der Waals surface area contributed by atoms with E-state index in [-0.39, 0.29) is 12.1 Å². The number of aryl methyl sites for hydroxylation is 1. The van der Waals surface area contributed by atoms with Crippen LogP contribution in [0.2, 0.25) is 0 Å². The Balaban J connectivity index is 2.15. The fourth-order valence-electron chi connectivity index (χ4n) is 2.15. The molecule has 1 aromatic carbocycles. The van der Waals surface area contributed by atoms with Gasteiger partial charge in [0.2, 0.25) is 0 Å². The van der Waals surface area contributed by atoms with Gasteiger partial charge in [-0.15, -0.1) is 0 Å². The first kappa shape index (κ1) is 12.3. The van der Waals surface area contributed by atoms with Gasteiger partial charge in [-0.05, 0) is 19.1 Å². The first-order valence-electron chi connectivity index (χ1n) is 6.18. The molecule has 0 aliphatic heterocycles. The highest BCUT2D eigenvalue weighted by molar-refractivity contribution is 5.74. The summed E-state index contributed by atoms with van der Waals surface area (Å²) in [5.74, 6) is 0.917. The number of hydrogen-bond acceptors (Lipinski definition) is 5. The van der Waals surface area contributed by atoms with Crippen LogP contribution in [0.5, 0.6) is 0 Å². The van der Waals surface area contributed by atoms with E-state index < -0.39 is 0 Å². The number of nitrogen functional groups attached to an aromatic ring is 1. The van der Waals surface area contributed by atoms with E-state index in [4.69, 9.17) is 5.73 Å². The molecule has 3 aromatic rings. The van der Waals surface area contributed by atoms with E-state index in [1.807, 2.05) is 31.2 Å². The maximum Gasteiger partial charge on any atom is 0.269 e. The standard InChI is InChI=1S/C14H13N5O/c1-9-6-12(15)18-13(17-9)8-19-11-5-3-2-4-10(11)16-7-14(19)20/h2-7H,8H2,1H3,(H2,15,17,18). The lowest BCUT2D eigenvalue weighted by atomic mass is 10.3. The molecule has 0 saturated heterocycles. The minimum absolute atomic E-state index is 0.188. The quantitative estimate of drug-likeness (QED) is 0.752. The van der Waals surface area contributed by atoms with E-state index >= 15 is 0 Å². The summed E-state index contributed by atoms with van der Waals surface area (Å²) in [7, 11) is 0. The summed E-state index contributed by atoms with van der Waals surface area (Å²) in [6, 6.07) is 9.15. The Morgan fingerprint density at radius 2 is 2.05 bits per heavy atom. The van der Waals surface area contributed by atoms with Gasteiger partial charge in [0, 0.05) is 11.8 Å². The number of fused-ring (bicyclic) bond motifs is 1. The van der Waals surface area contributed by atoms with Crippen molar-refractivity contribution in [2.24, 2.45) is 0 Å². The van der Waals surface area contributed by atoms with Crippen LogP contribution in [-0.2, 0) is 6.54 Å². The van der Waals surface area contributed by atoms with Crippen molar-refractivity contribution < 1.29 is 0 Å². The van der Waals surface area contributed by atoms with E-state index in [2.05, 4.69) is 15.0 Å². The molecule has 20 heavy (non-hydrogen) atoms. The van der Waals surface area contributed by atoms with Crippen molar-refractivity contribution in [3.8, 4) is 0 Å². The van der Waals surface area contributed by atoms with Gasteiger partial charge < -0.3 is 5.73 Å². The monoisotopic (exact) mass is 267 g/mol. The number of aromatic nitrogens is 4. The van der Waals surface area contributed by atoms with Crippen molar-refractivity contribution in [2.45, 2.75) is 13.5 Å². The molecule has 3 rings (SSSR count). The molecular formula is C14H13N5O. The lowest BCUT2D eigenvalue weighted by Gasteiger charge is -2.09. The molecule has 0 unspecified atom stereocenters. The number of para-hydroxylation sites is 2. The van der Waals surface area contributed by atoms with E-state index in [0.29, 0.717) is 11.6 Å². The van der Waals surface area contributed by atoms with E-state index in [9.17, 15) is 4.79 Å². The summed E-state index contributed by atoms with van der Waals surface area (Å²) in [4.78, 5) is 24.6. The first-order valence-corrected chi connectivity index (χ1v) is 6.18. The van der Waals surface area contributed by atoms with Crippen molar-refractivity contribution in [2.75, 3.05) is 5.73 Å². The molecule has 2 N–H and O–H groups in total. The van der Waals surface area contributed by atoms with Crippen LogP contribution in [0.1, 0.15) is 11.5 Å². The number of anilines is 1. The Hall–Kier alpha value is -2.76. The predicted octanol–water partition coefficient (Wildman–Crippen LogP) is 1.13. The van der Waals surface area contributed by atoms with Gasteiger partial charge in [-0.2, -0.15) is 0 Å². The van der Waals surface area contributed by atoms with Crippen LogP contribution in [0.4, 0.5) is 5.82 Å². The average Bonchev–Trinajstić information content (AvgIpc) is 2.41. The SMILES string of the molecule is Cc1cc(N)nc(Cn2c(=O)cnc3ccccc32)n1. The molecule has 0 aliphatic rings. The number of hydrogen-bond donors (Lipinski definition) is 1. The first-order chi connectivity index (χ1) is 9.63. The zero-order valence-corrected chi connectivity index (χ0v) is 10.9. The molecule has 2 aromatic heterocycles. The Bertz CT molecular complexity index is 820. The van der Waals surface area contributed by atoms with Crippen molar-refractivity contribution in [3.63, 3.8) is 0 Å². The van der Waals surface area contributed by atoms with Crippen molar-refractivity contribution in [1.82, 2.24) is 19.5 Å². The normalized spacial score (nSPS) is 10.8.